The van der Waals surface area contributed by atoms with Crippen molar-refractivity contribution in [1.82, 2.24) is 5.32 Å². The first-order valence-electron chi connectivity index (χ1n) is 6.29. The highest BCUT2D eigenvalue weighted by molar-refractivity contribution is 5.45. The van der Waals surface area contributed by atoms with Crippen LogP contribution in [-0.2, 0) is 6.54 Å². The van der Waals surface area contributed by atoms with Gasteiger partial charge < -0.3 is 14.8 Å². The van der Waals surface area contributed by atoms with E-state index in [2.05, 4.69) is 23.5 Å². The van der Waals surface area contributed by atoms with Crippen LogP contribution in [0.2, 0.25) is 0 Å². The Morgan fingerprint density at radius 3 is 2.42 bits per heavy atom. The molecule has 0 amide bonds. The van der Waals surface area contributed by atoms with Gasteiger partial charge in [0, 0.05) is 6.54 Å². The summed E-state index contributed by atoms with van der Waals surface area (Å²) in [5.41, 5.74) is 2.30. The van der Waals surface area contributed by atoms with Gasteiger partial charge in [-0.15, -0.1) is 0 Å². The Bertz CT molecular complexity index is 552. The van der Waals surface area contributed by atoms with Crippen molar-refractivity contribution in [3.63, 3.8) is 0 Å². The van der Waals surface area contributed by atoms with Gasteiger partial charge in [0.25, 0.3) is 0 Å². The monoisotopic (exact) mass is 257 g/mol. The summed E-state index contributed by atoms with van der Waals surface area (Å²) in [6.45, 7) is 2.86. The third-order valence-corrected chi connectivity index (χ3v) is 2.92. The first-order chi connectivity index (χ1) is 9.24. The normalized spacial score (nSPS) is 10.3. The van der Waals surface area contributed by atoms with E-state index in [4.69, 9.17) is 9.47 Å². The van der Waals surface area contributed by atoms with E-state index in [9.17, 15) is 0 Å². The second kappa shape index (κ2) is 6.25. The molecule has 0 fully saturated rings. The first-order valence-corrected chi connectivity index (χ1v) is 6.29. The van der Waals surface area contributed by atoms with E-state index < -0.39 is 0 Å². The molecule has 0 spiro atoms. The molecule has 3 heteroatoms. The summed E-state index contributed by atoms with van der Waals surface area (Å²) in [6.07, 6.45) is 0. The van der Waals surface area contributed by atoms with Crippen molar-refractivity contribution in [3.8, 4) is 17.2 Å². The Balaban J connectivity index is 2.29. The Hall–Kier alpha value is -2.00. The fourth-order valence-electron chi connectivity index (χ4n) is 1.89. The third-order valence-electron chi connectivity index (χ3n) is 2.92. The molecule has 19 heavy (non-hydrogen) atoms. The molecule has 1 N–H and O–H groups in total. The SMILES string of the molecule is CNCc1ccc(C)c(Oc2ccccc2OC)c1. The predicted octanol–water partition coefficient (Wildman–Crippen LogP) is 3.52. The molecule has 2 aromatic rings. The van der Waals surface area contributed by atoms with Crippen LogP contribution in [0, 0.1) is 6.92 Å². The highest BCUT2D eigenvalue weighted by atomic mass is 16.5. The minimum absolute atomic E-state index is 0.731. The van der Waals surface area contributed by atoms with Crippen molar-refractivity contribution in [2.75, 3.05) is 14.2 Å². The maximum Gasteiger partial charge on any atom is 0.169 e. The van der Waals surface area contributed by atoms with Gasteiger partial charge in [-0.05, 0) is 43.3 Å². The summed E-state index contributed by atoms with van der Waals surface area (Å²) in [6, 6.07) is 13.9. The lowest BCUT2D eigenvalue weighted by Gasteiger charge is -2.13. The van der Waals surface area contributed by atoms with E-state index in [1.54, 1.807) is 7.11 Å². The van der Waals surface area contributed by atoms with Crippen LogP contribution in [0.4, 0.5) is 0 Å². The number of rotatable bonds is 5. The Morgan fingerprint density at radius 1 is 1.00 bits per heavy atom. The van der Waals surface area contributed by atoms with E-state index in [0.717, 1.165) is 29.4 Å². The molecule has 2 aromatic carbocycles. The fourth-order valence-corrected chi connectivity index (χ4v) is 1.89. The molecule has 0 radical (unpaired) electrons. The molecule has 0 atom stereocenters. The standard InChI is InChI=1S/C16H19NO2/c1-12-8-9-13(11-17-2)10-16(12)19-15-7-5-4-6-14(15)18-3/h4-10,17H,11H2,1-3H3. The third kappa shape index (κ3) is 3.26. The van der Waals surface area contributed by atoms with Gasteiger partial charge in [-0.3, -0.25) is 0 Å². The summed E-state index contributed by atoms with van der Waals surface area (Å²) in [5.74, 6) is 2.33. The number of ether oxygens (including phenoxy) is 2. The fraction of sp³-hybridized carbons (Fsp3) is 0.250. The van der Waals surface area contributed by atoms with Crippen molar-refractivity contribution < 1.29 is 9.47 Å². The van der Waals surface area contributed by atoms with Crippen LogP contribution in [0.5, 0.6) is 17.2 Å². The molecule has 0 bridgehead atoms. The average molecular weight is 257 g/mol. The van der Waals surface area contributed by atoms with Crippen LogP contribution >= 0.6 is 0 Å². The van der Waals surface area contributed by atoms with Gasteiger partial charge in [0.15, 0.2) is 11.5 Å². The topological polar surface area (TPSA) is 30.5 Å². The van der Waals surface area contributed by atoms with Crippen LogP contribution in [0.25, 0.3) is 0 Å². The zero-order valence-electron chi connectivity index (χ0n) is 11.6. The van der Waals surface area contributed by atoms with Crippen LogP contribution in [0.3, 0.4) is 0 Å². The molecule has 0 aliphatic rings. The van der Waals surface area contributed by atoms with Crippen LogP contribution < -0.4 is 14.8 Å². The van der Waals surface area contributed by atoms with Crippen molar-refractivity contribution in [1.29, 1.82) is 0 Å². The van der Waals surface area contributed by atoms with Gasteiger partial charge >= 0.3 is 0 Å². The molecule has 0 saturated carbocycles. The zero-order chi connectivity index (χ0) is 13.7. The lowest BCUT2D eigenvalue weighted by molar-refractivity contribution is 0.378. The number of nitrogens with one attached hydrogen (secondary N) is 1. The maximum absolute atomic E-state index is 5.97. The van der Waals surface area contributed by atoms with Crippen molar-refractivity contribution in [2.45, 2.75) is 13.5 Å². The predicted molar refractivity (Wildman–Crippen MR) is 77.0 cm³/mol. The maximum atomic E-state index is 5.97. The Labute approximate surface area is 114 Å². The highest BCUT2D eigenvalue weighted by Gasteiger charge is 2.07. The van der Waals surface area contributed by atoms with Crippen LogP contribution in [-0.4, -0.2) is 14.2 Å². The number of methoxy groups -OCH3 is 1. The Kier molecular flexibility index (Phi) is 4.42. The molecular weight excluding hydrogens is 238 g/mol. The van der Waals surface area contributed by atoms with Crippen LogP contribution in [0.15, 0.2) is 42.5 Å². The minimum atomic E-state index is 0.731. The number of hydrogen-bond donors (Lipinski definition) is 1. The van der Waals surface area contributed by atoms with E-state index in [1.165, 1.54) is 5.56 Å². The van der Waals surface area contributed by atoms with E-state index in [-0.39, 0.29) is 0 Å². The van der Waals surface area contributed by atoms with Gasteiger partial charge in [0.1, 0.15) is 5.75 Å². The molecular formula is C16H19NO2. The molecule has 0 aromatic heterocycles. The smallest absolute Gasteiger partial charge is 0.169 e. The van der Waals surface area contributed by atoms with E-state index in [1.807, 2.05) is 38.2 Å². The minimum Gasteiger partial charge on any atom is -0.493 e. The average Bonchev–Trinajstić information content (AvgIpc) is 2.43. The number of para-hydroxylation sites is 2. The molecule has 0 aliphatic carbocycles. The molecule has 2 rings (SSSR count). The largest absolute Gasteiger partial charge is 0.493 e. The summed E-state index contributed by atoms with van der Waals surface area (Å²) < 4.78 is 11.3. The summed E-state index contributed by atoms with van der Waals surface area (Å²) in [5, 5.41) is 3.14. The van der Waals surface area contributed by atoms with Gasteiger partial charge in [0.2, 0.25) is 0 Å². The quantitative estimate of drug-likeness (QED) is 0.889. The molecule has 0 unspecified atom stereocenters. The molecule has 3 nitrogen and oxygen atoms in total. The highest BCUT2D eigenvalue weighted by Crippen LogP contribution is 2.32. The lowest BCUT2D eigenvalue weighted by Crippen LogP contribution is -2.05. The molecule has 100 valence electrons. The first kappa shape index (κ1) is 13.4. The summed E-state index contributed by atoms with van der Waals surface area (Å²) in [4.78, 5) is 0. The van der Waals surface area contributed by atoms with Crippen molar-refractivity contribution >= 4 is 0 Å². The molecule has 0 aliphatic heterocycles. The Morgan fingerprint density at radius 2 is 1.74 bits per heavy atom. The van der Waals surface area contributed by atoms with Gasteiger partial charge in [-0.1, -0.05) is 24.3 Å². The molecule has 0 heterocycles. The summed E-state index contributed by atoms with van der Waals surface area (Å²) in [7, 11) is 3.58. The number of hydrogen-bond acceptors (Lipinski definition) is 3. The lowest BCUT2D eigenvalue weighted by atomic mass is 10.1. The van der Waals surface area contributed by atoms with Gasteiger partial charge in [0.05, 0.1) is 7.11 Å². The van der Waals surface area contributed by atoms with Crippen LogP contribution in [0.1, 0.15) is 11.1 Å². The second-order valence-electron chi connectivity index (χ2n) is 4.38. The number of aryl methyl sites for hydroxylation is 1. The van der Waals surface area contributed by atoms with E-state index >= 15 is 0 Å². The van der Waals surface area contributed by atoms with Crippen molar-refractivity contribution in [3.05, 3.63) is 53.6 Å². The van der Waals surface area contributed by atoms with Gasteiger partial charge in [-0.2, -0.15) is 0 Å². The van der Waals surface area contributed by atoms with E-state index in [0.29, 0.717) is 0 Å². The molecule has 0 saturated heterocycles. The number of benzene rings is 2. The zero-order valence-corrected chi connectivity index (χ0v) is 11.6. The second-order valence-corrected chi connectivity index (χ2v) is 4.38. The van der Waals surface area contributed by atoms with Crippen molar-refractivity contribution in [2.24, 2.45) is 0 Å². The van der Waals surface area contributed by atoms with Gasteiger partial charge in [-0.25, -0.2) is 0 Å². The summed E-state index contributed by atoms with van der Waals surface area (Å²) >= 11 is 0.